The Morgan fingerprint density at radius 1 is 1.44 bits per heavy atom. The first-order valence-electron chi connectivity index (χ1n) is 5.44. The minimum Gasteiger partial charge on any atom is -0.326 e. The molecule has 0 unspecified atom stereocenters. The highest BCUT2D eigenvalue weighted by molar-refractivity contribution is 5.06. The first kappa shape index (κ1) is 10.9. The van der Waals surface area contributed by atoms with Gasteiger partial charge in [0.15, 0.2) is 0 Å². The number of aromatic nitrogens is 4. The molecule has 2 heterocycles. The van der Waals surface area contributed by atoms with Gasteiger partial charge in [0.25, 0.3) is 0 Å². The molecule has 0 aliphatic heterocycles. The molecule has 5 heteroatoms. The summed E-state index contributed by atoms with van der Waals surface area (Å²) < 4.78 is 3.80. The summed E-state index contributed by atoms with van der Waals surface area (Å²) in [6, 6.07) is 2.41. The van der Waals surface area contributed by atoms with Gasteiger partial charge >= 0.3 is 0 Å². The van der Waals surface area contributed by atoms with Crippen LogP contribution in [0.15, 0.2) is 24.7 Å². The van der Waals surface area contributed by atoms with Crippen LogP contribution >= 0.6 is 0 Å². The van der Waals surface area contributed by atoms with Gasteiger partial charge in [0.1, 0.15) is 0 Å². The molecule has 0 aliphatic carbocycles. The van der Waals surface area contributed by atoms with E-state index in [0.717, 1.165) is 11.3 Å². The average molecular weight is 219 g/mol. The first-order chi connectivity index (χ1) is 7.69. The SMILES string of the molecule is CC(C)n1ccc(Cn2cc(CN)cn2)n1. The van der Waals surface area contributed by atoms with E-state index in [-0.39, 0.29) is 0 Å². The third-order valence-electron chi connectivity index (χ3n) is 2.44. The molecule has 2 rings (SSSR count). The van der Waals surface area contributed by atoms with Crippen molar-refractivity contribution < 1.29 is 0 Å². The fraction of sp³-hybridized carbons (Fsp3) is 0.455. The molecule has 2 aromatic heterocycles. The van der Waals surface area contributed by atoms with E-state index in [9.17, 15) is 0 Å². The van der Waals surface area contributed by atoms with E-state index in [1.807, 2.05) is 27.8 Å². The normalized spacial score (nSPS) is 11.2. The molecule has 86 valence electrons. The molecule has 0 bridgehead atoms. The molecule has 0 aromatic carbocycles. The maximum Gasteiger partial charge on any atom is 0.0849 e. The lowest BCUT2D eigenvalue weighted by Gasteiger charge is -2.03. The second-order valence-electron chi connectivity index (χ2n) is 4.13. The summed E-state index contributed by atoms with van der Waals surface area (Å²) in [6.07, 6.45) is 5.74. The summed E-state index contributed by atoms with van der Waals surface area (Å²) >= 11 is 0. The molecule has 2 N–H and O–H groups in total. The van der Waals surface area contributed by atoms with Crippen molar-refractivity contribution in [2.24, 2.45) is 5.73 Å². The summed E-state index contributed by atoms with van der Waals surface area (Å²) in [4.78, 5) is 0. The highest BCUT2D eigenvalue weighted by atomic mass is 15.3. The summed E-state index contributed by atoms with van der Waals surface area (Å²) in [7, 11) is 0. The molecule has 5 nitrogen and oxygen atoms in total. The number of hydrogen-bond donors (Lipinski definition) is 1. The lowest BCUT2D eigenvalue weighted by molar-refractivity contribution is 0.520. The van der Waals surface area contributed by atoms with E-state index in [4.69, 9.17) is 5.73 Å². The maximum atomic E-state index is 5.53. The molecule has 0 saturated carbocycles. The highest BCUT2D eigenvalue weighted by Gasteiger charge is 2.03. The van der Waals surface area contributed by atoms with Gasteiger partial charge in [-0.25, -0.2) is 0 Å². The van der Waals surface area contributed by atoms with Crippen molar-refractivity contribution >= 4 is 0 Å². The van der Waals surface area contributed by atoms with Crippen LogP contribution in [-0.4, -0.2) is 19.6 Å². The first-order valence-corrected chi connectivity index (χ1v) is 5.44. The predicted molar refractivity (Wildman–Crippen MR) is 61.8 cm³/mol. The topological polar surface area (TPSA) is 61.7 Å². The Bertz CT molecular complexity index is 454. The van der Waals surface area contributed by atoms with Crippen molar-refractivity contribution in [3.05, 3.63) is 35.9 Å². The van der Waals surface area contributed by atoms with Crippen LogP contribution in [0.25, 0.3) is 0 Å². The number of hydrogen-bond acceptors (Lipinski definition) is 3. The van der Waals surface area contributed by atoms with Crippen molar-refractivity contribution in [2.45, 2.75) is 33.0 Å². The number of nitrogens with zero attached hydrogens (tertiary/aromatic N) is 4. The van der Waals surface area contributed by atoms with E-state index >= 15 is 0 Å². The summed E-state index contributed by atoms with van der Waals surface area (Å²) in [5, 5.41) is 8.69. The zero-order valence-electron chi connectivity index (χ0n) is 9.67. The van der Waals surface area contributed by atoms with E-state index < -0.39 is 0 Å². The molecular formula is C11H17N5. The minimum absolute atomic E-state index is 0.394. The smallest absolute Gasteiger partial charge is 0.0849 e. The summed E-state index contributed by atoms with van der Waals surface area (Å²) in [6.45, 7) is 5.44. The largest absolute Gasteiger partial charge is 0.326 e. The van der Waals surface area contributed by atoms with Crippen LogP contribution in [-0.2, 0) is 13.1 Å². The molecule has 0 amide bonds. The molecule has 0 fully saturated rings. The fourth-order valence-electron chi connectivity index (χ4n) is 1.51. The van der Waals surface area contributed by atoms with Crippen molar-refractivity contribution in [2.75, 3.05) is 0 Å². The van der Waals surface area contributed by atoms with E-state index in [0.29, 0.717) is 19.1 Å². The quantitative estimate of drug-likeness (QED) is 0.839. The third-order valence-corrected chi connectivity index (χ3v) is 2.44. The zero-order chi connectivity index (χ0) is 11.5. The molecule has 0 spiro atoms. The molecular weight excluding hydrogens is 202 g/mol. The second kappa shape index (κ2) is 4.49. The lowest BCUT2D eigenvalue weighted by atomic mass is 10.4. The standard InChI is InChI=1S/C11H17N5/c1-9(2)16-4-3-11(14-16)8-15-7-10(5-12)6-13-15/h3-4,6-7,9H,5,8,12H2,1-2H3. The van der Waals surface area contributed by atoms with Gasteiger partial charge in [0.2, 0.25) is 0 Å². The van der Waals surface area contributed by atoms with Crippen molar-refractivity contribution in [3.63, 3.8) is 0 Å². The van der Waals surface area contributed by atoms with Crippen molar-refractivity contribution in [1.82, 2.24) is 19.6 Å². The van der Waals surface area contributed by atoms with E-state index in [2.05, 4.69) is 24.0 Å². The van der Waals surface area contributed by atoms with Crippen LogP contribution in [0.1, 0.15) is 31.1 Å². The van der Waals surface area contributed by atoms with Gasteiger partial charge in [-0.05, 0) is 19.9 Å². The molecule has 0 saturated heterocycles. The monoisotopic (exact) mass is 219 g/mol. The Kier molecular flexibility index (Phi) is 3.05. The molecule has 0 aliphatic rings. The Hall–Kier alpha value is -1.62. The van der Waals surface area contributed by atoms with Crippen molar-refractivity contribution in [3.8, 4) is 0 Å². The van der Waals surface area contributed by atoms with E-state index in [1.165, 1.54) is 0 Å². The minimum atomic E-state index is 0.394. The van der Waals surface area contributed by atoms with Gasteiger partial charge < -0.3 is 5.73 Å². The van der Waals surface area contributed by atoms with Gasteiger partial charge in [0, 0.05) is 30.5 Å². The number of rotatable bonds is 4. The van der Waals surface area contributed by atoms with Crippen molar-refractivity contribution in [1.29, 1.82) is 0 Å². The van der Waals surface area contributed by atoms with Gasteiger partial charge in [0.05, 0.1) is 18.4 Å². The molecule has 2 aromatic rings. The zero-order valence-corrected chi connectivity index (χ0v) is 9.67. The summed E-state index contributed by atoms with van der Waals surface area (Å²) in [5.74, 6) is 0. The van der Waals surface area contributed by atoms with Gasteiger partial charge in [-0.1, -0.05) is 0 Å². The molecule has 0 atom stereocenters. The predicted octanol–water partition coefficient (Wildman–Crippen LogP) is 1.17. The van der Waals surface area contributed by atoms with Crippen LogP contribution in [0.5, 0.6) is 0 Å². The molecule has 0 radical (unpaired) electrons. The Labute approximate surface area is 94.9 Å². The van der Waals surface area contributed by atoms with Gasteiger partial charge in [-0.3, -0.25) is 9.36 Å². The van der Waals surface area contributed by atoms with Crippen LogP contribution < -0.4 is 5.73 Å². The van der Waals surface area contributed by atoms with Crippen LogP contribution in [0.4, 0.5) is 0 Å². The average Bonchev–Trinajstić information content (AvgIpc) is 2.87. The summed E-state index contributed by atoms with van der Waals surface area (Å²) in [5.41, 5.74) is 7.59. The Morgan fingerprint density at radius 2 is 2.25 bits per heavy atom. The lowest BCUT2D eigenvalue weighted by Crippen LogP contribution is -2.05. The van der Waals surface area contributed by atoms with Gasteiger partial charge in [-0.15, -0.1) is 0 Å². The third kappa shape index (κ3) is 2.30. The van der Waals surface area contributed by atoms with Crippen LogP contribution in [0, 0.1) is 0 Å². The van der Waals surface area contributed by atoms with Crippen LogP contribution in [0.3, 0.4) is 0 Å². The maximum absolute atomic E-state index is 5.53. The Morgan fingerprint density at radius 3 is 2.81 bits per heavy atom. The fourth-order valence-corrected chi connectivity index (χ4v) is 1.51. The van der Waals surface area contributed by atoms with E-state index in [1.54, 1.807) is 6.20 Å². The Balaban J connectivity index is 2.08. The van der Waals surface area contributed by atoms with Crippen LogP contribution in [0.2, 0.25) is 0 Å². The second-order valence-corrected chi connectivity index (χ2v) is 4.13. The number of nitrogens with two attached hydrogens (primary N) is 1. The van der Waals surface area contributed by atoms with Gasteiger partial charge in [-0.2, -0.15) is 10.2 Å². The highest BCUT2D eigenvalue weighted by Crippen LogP contribution is 2.06. The molecule has 16 heavy (non-hydrogen) atoms.